The molecule has 0 saturated carbocycles. The molecular formula is C26H23N3O4. The molecule has 1 fully saturated rings. The number of carbonyl (C=O) groups excluding carboxylic acids is 4. The van der Waals surface area contributed by atoms with Crippen molar-refractivity contribution in [3.8, 4) is 0 Å². The van der Waals surface area contributed by atoms with Gasteiger partial charge in [0.2, 0.25) is 0 Å². The van der Waals surface area contributed by atoms with Gasteiger partial charge < -0.3 is 10.6 Å². The number of rotatable bonds is 6. The first-order chi connectivity index (χ1) is 15.8. The molecule has 1 unspecified atom stereocenters. The van der Waals surface area contributed by atoms with Crippen LogP contribution in [0.5, 0.6) is 0 Å². The Morgan fingerprint density at radius 3 is 2.18 bits per heavy atom. The van der Waals surface area contributed by atoms with Crippen LogP contribution in [-0.4, -0.2) is 35.1 Å². The molecule has 4 amide bonds. The van der Waals surface area contributed by atoms with E-state index in [0.29, 0.717) is 22.4 Å². The predicted octanol–water partition coefficient (Wildman–Crippen LogP) is 3.90. The van der Waals surface area contributed by atoms with Crippen molar-refractivity contribution in [2.24, 2.45) is 0 Å². The zero-order valence-corrected chi connectivity index (χ0v) is 18.3. The monoisotopic (exact) mass is 441 g/mol. The average Bonchev–Trinajstić information content (AvgIpc) is 3.04. The van der Waals surface area contributed by atoms with E-state index >= 15 is 0 Å². The van der Waals surface area contributed by atoms with E-state index < -0.39 is 17.5 Å². The fourth-order valence-corrected chi connectivity index (χ4v) is 3.92. The van der Waals surface area contributed by atoms with Gasteiger partial charge in [0.15, 0.2) is 5.78 Å². The Bertz CT molecular complexity index is 1240. The summed E-state index contributed by atoms with van der Waals surface area (Å²) in [7, 11) is 0. The lowest BCUT2D eigenvalue weighted by Gasteiger charge is -2.24. The van der Waals surface area contributed by atoms with Crippen LogP contribution in [0.3, 0.4) is 0 Å². The van der Waals surface area contributed by atoms with E-state index in [2.05, 4.69) is 10.6 Å². The Labute approximate surface area is 191 Å². The number of imide groups is 1. The molecule has 166 valence electrons. The van der Waals surface area contributed by atoms with Gasteiger partial charge in [-0.3, -0.25) is 19.3 Å². The first kappa shape index (κ1) is 22.0. The Balaban J connectivity index is 1.45. The van der Waals surface area contributed by atoms with E-state index in [1.165, 1.54) is 0 Å². The number of nitrogens with one attached hydrogen (secondary N) is 2. The van der Waals surface area contributed by atoms with Crippen LogP contribution >= 0.6 is 0 Å². The Hall–Kier alpha value is -4.26. The second-order valence-corrected chi connectivity index (χ2v) is 8.08. The molecule has 7 heteroatoms. The van der Waals surface area contributed by atoms with Crippen LogP contribution in [0, 0.1) is 6.92 Å². The summed E-state index contributed by atoms with van der Waals surface area (Å²) in [5.74, 6) is -1.11. The number of nitrogens with zero attached hydrogens (tertiary/aromatic N) is 1. The molecule has 1 saturated heterocycles. The number of carbonyl (C=O) groups is 4. The summed E-state index contributed by atoms with van der Waals surface area (Å²) in [6.45, 7) is 3.14. The van der Waals surface area contributed by atoms with E-state index in [-0.39, 0.29) is 18.2 Å². The van der Waals surface area contributed by atoms with Crippen LogP contribution in [0.4, 0.5) is 10.5 Å². The molecule has 1 atom stereocenters. The normalized spacial score (nSPS) is 17.6. The zero-order valence-electron chi connectivity index (χ0n) is 18.3. The summed E-state index contributed by atoms with van der Waals surface area (Å²) >= 11 is 0. The van der Waals surface area contributed by atoms with Gasteiger partial charge in [0.05, 0.1) is 6.54 Å². The number of urea groups is 1. The second kappa shape index (κ2) is 8.70. The van der Waals surface area contributed by atoms with E-state index in [1.54, 1.807) is 67.6 Å². The van der Waals surface area contributed by atoms with Crippen molar-refractivity contribution >= 4 is 29.3 Å². The molecule has 3 aromatic carbocycles. The number of amides is 4. The molecule has 2 N–H and O–H groups in total. The first-order valence-electron chi connectivity index (χ1n) is 10.5. The smallest absolute Gasteiger partial charge is 0.322 e. The first-order valence-corrected chi connectivity index (χ1v) is 10.5. The van der Waals surface area contributed by atoms with Gasteiger partial charge in [-0.15, -0.1) is 0 Å². The third-order valence-corrected chi connectivity index (χ3v) is 5.76. The topological polar surface area (TPSA) is 95.6 Å². The molecule has 7 nitrogen and oxygen atoms in total. The highest BCUT2D eigenvalue weighted by atomic mass is 16.2. The quantitative estimate of drug-likeness (QED) is 0.448. The Kier molecular flexibility index (Phi) is 5.79. The van der Waals surface area contributed by atoms with E-state index in [1.807, 2.05) is 25.1 Å². The number of ketones is 1. The van der Waals surface area contributed by atoms with Gasteiger partial charge in [0, 0.05) is 16.8 Å². The van der Waals surface area contributed by atoms with Gasteiger partial charge in [0.25, 0.3) is 11.8 Å². The van der Waals surface area contributed by atoms with Crippen molar-refractivity contribution in [1.29, 1.82) is 0 Å². The van der Waals surface area contributed by atoms with Gasteiger partial charge >= 0.3 is 6.03 Å². The standard InChI is InChI=1S/C26H23N3O4/c1-17-8-6-7-11-21(17)26(2)24(32)29(25(33)28-26)16-22(30)18-12-14-20(15-13-18)27-23(31)19-9-4-3-5-10-19/h3-15H,16H2,1-2H3,(H,27,31)(H,28,33). The van der Waals surface area contributed by atoms with Crippen LogP contribution in [0.15, 0.2) is 78.9 Å². The summed E-state index contributed by atoms with van der Waals surface area (Å²) in [6.07, 6.45) is 0. The van der Waals surface area contributed by atoms with Gasteiger partial charge in [-0.2, -0.15) is 0 Å². The maximum atomic E-state index is 13.1. The third kappa shape index (κ3) is 4.25. The highest BCUT2D eigenvalue weighted by Crippen LogP contribution is 2.31. The second-order valence-electron chi connectivity index (χ2n) is 8.08. The average molecular weight is 441 g/mol. The summed E-state index contributed by atoms with van der Waals surface area (Å²) in [6, 6.07) is 21.8. The lowest BCUT2D eigenvalue weighted by molar-refractivity contribution is -0.130. The number of anilines is 1. The van der Waals surface area contributed by atoms with Crippen LogP contribution in [0.25, 0.3) is 0 Å². The minimum atomic E-state index is -1.23. The highest BCUT2D eigenvalue weighted by Gasteiger charge is 2.49. The summed E-state index contributed by atoms with van der Waals surface area (Å²) in [5, 5.41) is 5.49. The number of hydrogen-bond donors (Lipinski definition) is 2. The maximum absolute atomic E-state index is 13.1. The summed E-state index contributed by atoms with van der Waals surface area (Å²) in [5.41, 5.74) is 1.72. The van der Waals surface area contributed by atoms with Crippen LogP contribution in [0.1, 0.15) is 38.8 Å². The van der Waals surface area contributed by atoms with Crippen molar-refractivity contribution in [1.82, 2.24) is 10.2 Å². The molecule has 0 aromatic heterocycles. The third-order valence-electron chi connectivity index (χ3n) is 5.76. The fraction of sp³-hybridized carbons (Fsp3) is 0.154. The number of benzene rings is 3. The lowest BCUT2D eigenvalue weighted by atomic mass is 9.88. The molecule has 0 bridgehead atoms. The SMILES string of the molecule is Cc1ccccc1C1(C)NC(=O)N(CC(=O)c2ccc(NC(=O)c3ccccc3)cc2)C1=O. The molecule has 1 heterocycles. The molecule has 0 aliphatic carbocycles. The molecule has 1 aliphatic heterocycles. The van der Waals surface area contributed by atoms with Crippen LogP contribution < -0.4 is 10.6 Å². The minimum Gasteiger partial charge on any atom is -0.322 e. The molecule has 33 heavy (non-hydrogen) atoms. The molecular weight excluding hydrogens is 418 g/mol. The van der Waals surface area contributed by atoms with Gasteiger partial charge in [-0.05, 0) is 61.4 Å². The van der Waals surface area contributed by atoms with Gasteiger partial charge in [-0.25, -0.2) is 4.79 Å². The summed E-state index contributed by atoms with van der Waals surface area (Å²) < 4.78 is 0. The van der Waals surface area contributed by atoms with Crippen LogP contribution in [-0.2, 0) is 10.3 Å². The van der Waals surface area contributed by atoms with E-state index in [9.17, 15) is 19.2 Å². The van der Waals surface area contributed by atoms with Crippen molar-refractivity contribution in [3.05, 3.63) is 101 Å². The molecule has 4 rings (SSSR count). The van der Waals surface area contributed by atoms with Gasteiger partial charge in [0.1, 0.15) is 5.54 Å². The minimum absolute atomic E-state index is 0.260. The summed E-state index contributed by atoms with van der Waals surface area (Å²) in [4.78, 5) is 51.7. The number of hydrogen-bond acceptors (Lipinski definition) is 4. The Morgan fingerprint density at radius 2 is 1.52 bits per heavy atom. The molecule has 0 radical (unpaired) electrons. The van der Waals surface area contributed by atoms with Crippen LogP contribution in [0.2, 0.25) is 0 Å². The van der Waals surface area contributed by atoms with Crippen molar-refractivity contribution in [3.63, 3.8) is 0 Å². The predicted molar refractivity (Wildman–Crippen MR) is 124 cm³/mol. The van der Waals surface area contributed by atoms with Crippen molar-refractivity contribution in [2.75, 3.05) is 11.9 Å². The number of aryl methyl sites for hydroxylation is 1. The van der Waals surface area contributed by atoms with Crippen molar-refractivity contribution in [2.45, 2.75) is 19.4 Å². The largest absolute Gasteiger partial charge is 0.325 e. The molecule has 1 aliphatic rings. The number of Topliss-reactive ketones (excluding diaryl/α,β-unsaturated/α-hetero) is 1. The lowest BCUT2D eigenvalue weighted by Crippen LogP contribution is -2.42. The van der Waals surface area contributed by atoms with E-state index in [0.717, 1.165) is 10.5 Å². The maximum Gasteiger partial charge on any atom is 0.325 e. The van der Waals surface area contributed by atoms with E-state index in [4.69, 9.17) is 0 Å². The van der Waals surface area contributed by atoms with Crippen molar-refractivity contribution < 1.29 is 19.2 Å². The molecule has 0 spiro atoms. The Morgan fingerprint density at radius 1 is 0.879 bits per heavy atom. The highest BCUT2D eigenvalue weighted by molar-refractivity contribution is 6.11. The van der Waals surface area contributed by atoms with Gasteiger partial charge in [-0.1, -0.05) is 42.5 Å². The molecule has 3 aromatic rings. The zero-order chi connectivity index (χ0) is 23.6. The fourth-order valence-electron chi connectivity index (χ4n) is 3.92.